The summed E-state index contributed by atoms with van der Waals surface area (Å²) >= 11 is 0. The fraction of sp³-hybridized carbons (Fsp3) is 0.950. The van der Waals surface area contributed by atoms with Gasteiger partial charge in [0.05, 0.1) is 6.61 Å². The molecule has 0 aromatic heterocycles. The van der Waals surface area contributed by atoms with Gasteiger partial charge in [-0.2, -0.15) is 0 Å². The highest BCUT2D eigenvalue weighted by Crippen LogP contribution is 2.26. The zero-order valence-electron chi connectivity index (χ0n) is 46.0. The molecule has 0 spiro atoms. The predicted octanol–water partition coefficient (Wildman–Crippen LogP) is 17.5. The maximum Gasteiger partial charge on any atom is 0.306 e. The van der Waals surface area contributed by atoms with Crippen molar-refractivity contribution in [3.8, 4) is 0 Å². The minimum Gasteiger partial charge on any atom is -0.463 e. The van der Waals surface area contributed by atoms with Crippen LogP contribution in [-0.2, 0) is 33.3 Å². The van der Waals surface area contributed by atoms with Crippen LogP contribution in [-0.4, -0.2) is 60.6 Å². The molecule has 1 rings (SSSR count). The number of rotatable bonds is 50. The van der Waals surface area contributed by atoms with Gasteiger partial charge in [0.1, 0.15) is 18.8 Å². The van der Waals surface area contributed by atoms with Crippen molar-refractivity contribution in [1.82, 2.24) is 0 Å². The van der Waals surface area contributed by atoms with Crippen molar-refractivity contribution in [3.63, 3.8) is 0 Å². The number of carbonyl (C=O) groups excluding carboxylic acids is 3. The Bertz CT molecular complexity index is 1140. The van der Waals surface area contributed by atoms with Crippen molar-refractivity contribution in [2.75, 3.05) is 13.2 Å². The molecule has 0 aromatic carbocycles. The largest absolute Gasteiger partial charge is 0.463 e. The molecule has 1 aliphatic rings. The molecule has 1 fully saturated rings. The van der Waals surface area contributed by atoms with Crippen LogP contribution in [0.15, 0.2) is 0 Å². The Balaban J connectivity index is 2.41. The van der Waals surface area contributed by atoms with Crippen molar-refractivity contribution in [1.29, 1.82) is 0 Å². The fourth-order valence-electron chi connectivity index (χ4n) is 9.73. The quantitative estimate of drug-likeness (QED) is 0.0365. The topological polar surface area (TPSA) is 108 Å². The summed E-state index contributed by atoms with van der Waals surface area (Å²) in [6.45, 7) is 13.6. The van der Waals surface area contributed by atoms with Gasteiger partial charge in [-0.05, 0) is 37.0 Å². The van der Waals surface area contributed by atoms with E-state index in [1.54, 1.807) is 0 Å². The number of esters is 3. The third kappa shape index (κ3) is 41.0. The minimum atomic E-state index is -1.21. The molecule has 402 valence electrons. The average Bonchev–Trinajstić information content (AvgIpc) is 3.68. The van der Waals surface area contributed by atoms with Crippen molar-refractivity contribution < 1.29 is 38.4 Å². The first-order chi connectivity index (χ1) is 33.0. The Hall–Kier alpha value is -1.67. The minimum absolute atomic E-state index is 0.0217. The van der Waals surface area contributed by atoms with Gasteiger partial charge in [0.25, 0.3) is 0 Å². The molecule has 1 heterocycles. The van der Waals surface area contributed by atoms with Crippen LogP contribution in [0.3, 0.4) is 0 Å². The highest BCUT2D eigenvalue weighted by Gasteiger charge is 2.46. The summed E-state index contributed by atoms with van der Waals surface area (Å²) in [5.74, 6) is 1.40. The second-order valence-electron chi connectivity index (χ2n) is 22.6. The van der Waals surface area contributed by atoms with E-state index in [0.717, 1.165) is 75.5 Å². The van der Waals surface area contributed by atoms with Crippen LogP contribution >= 0.6 is 0 Å². The highest BCUT2D eigenvalue weighted by molar-refractivity contribution is 5.71. The van der Waals surface area contributed by atoms with Crippen LogP contribution in [0, 0.1) is 17.8 Å². The maximum atomic E-state index is 13.2. The zero-order chi connectivity index (χ0) is 49.7. The van der Waals surface area contributed by atoms with Crippen molar-refractivity contribution in [3.05, 3.63) is 0 Å². The summed E-state index contributed by atoms with van der Waals surface area (Å²) in [5.41, 5.74) is 0. The number of aliphatic hydroxyl groups is 1. The van der Waals surface area contributed by atoms with E-state index in [1.807, 2.05) is 0 Å². The highest BCUT2D eigenvalue weighted by atomic mass is 16.6. The summed E-state index contributed by atoms with van der Waals surface area (Å²) in [5, 5.41) is 11.2. The van der Waals surface area contributed by atoms with Crippen LogP contribution in [0.1, 0.15) is 311 Å². The first-order valence-corrected chi connectivity index (χ1v) is 29.8. The summed E-state index contributed by atoms with van der Waals surface area (Å²) in [6, 6.07) is 0. The van der Waals surface area contributed by atoms with Gasteiger partial charge in [0.15, 0.2) is 12.2 Å². The molecule has 0 aliphatic carbocycles. The summed E-state index contributed by atoms with van der Waals surface area (Å²) in [7, 11) is 0. The predicted molar refractivity (Wildman–Crippen MR) is 285 cm³/mol. The fourth-order valence-corrected chi connectivity index (χ4v) is 9.73. The van der Waals surface area contributed by atoms with Crippen molar-refractivity contribution in [2.24, 2.45) is 17.8 Å². The smallest absolute Gasteiger partial charge is 0.306 e. The maximum absolute atomic E-state index is 13.2. The molecule has 0 radical (unpaired) electrons. The lowest BCUT2D eigenvalue weighted by molar-refractivity contribution is -0.170. The number of hydrogen-bond acceptors (Lipinski definition) is 8. The molecule has 0 amide bonds. The van der Waals surface area contributed by atoms with Gasteiger partial charge in [0, 0.05) is 19.3 Å². The first-order valence-electron chi connectivity index (χ1n) is 29.8. The first kappa shape index (κ1) is 64.3. The molecular weight excluding hydrogens is 849 g/mol. The third-order valence-corrected chi connectivity index (χ3v) is 14.2. The lowest BCUT2D eigenvalue weighted by Gasteiger charge is -2.26. The number of unbranched alkanes of at least 4 members (excludes halogenated alkanes) is 33. The Morgan fingerprint density at radius 2 is 0.662 bits per heavy atom. The van der Waals surface area contributed by atoms with Gasteiger partial charge in [-0.25, -0.2) is 0 Å². The molecule has 0 saturated carbocycles. The summed E-state index contributed by atoms with van der Waals surface area (Å²) in [6.07, 6.45) is 45.1. The average molecular weight is 964 g/mol. The van der Waals surface area contributed by atoms with Crippen LogP contribution < -0.4 is 0 Å². The molecular formula is C60H114O8. The second kappa shape index (κ2) is 46.4. The molecule has 1 aliphatic heterocycles. The van der Waals surface area contributed by atoms with E-state index >= 15 is 0 Å². The third-order valence-electron chi connectivity index (χ3n) is 14.2. The van der Waals surface area contributed by atoms with E-state index < -0.39 is 24.4 Å². The Labute approximate surface area is 421 Å². The van der Waals surface area contributed by atoms with E-state index in [-0.39, 0.29) is 37.5 Å². The van der Waals surface area contributed by atoms with E-state index in [9.17, 15) is 19.5 Å². The van der Waals surface area contributed by atoms with Crippen LogP contribution in [0.25, 0.3) is 0 Å². The molecule has 8 nitrogen and oxygen atoms in total. The van der Waals surface area contributed by atoms with Crippen LogP contribution in [0.4, 0.5) is 0 Å². The van der Waals surface area contributed by atoms with Gasteiger partial charge in [0.2, 0.25) is 0 Å². The van der Waals surface area contributed by atoms with Gasteiger partial charge in [-0.15, -0.1) is 0 Å². The van der Waals surface area contributed by atoms with Gasteiger partial charge >= 0.3 is 17.9 Å². The van der Waals surface area contributed by atoms with E-state index in [1.165, 1.54) is 193 Å². The second-order valence-corrected chi connectivity index (χ2v) is 22.6. The number of aliphatic hydroxyl groups excluding tert-OH is 1. The Kier molecular flexibility index (Phi) is 43.9. The van der Waals surface area contributed by atoms with Gasteiger partial charge in [-0.1, -0.05) is 273 Å². The molecule has 68 heavy (non-hydrogen) atoms. The Morgan fingerprint density at radius 3 is 0.971 bits per heavy atom. The molecule has 4 atom stereocenters. The number of carbonyl (C=O) groups is 3. The molecule has 1 N–H and O–H groups in total. The SMILES string of the molecule is CC(C)CCCCCCCCCCCCCCC(=O)OC[C@@H](O)[C@H]1OC[C@H](OC(=O)CCCCCCCCCCCCCCC(C)C)[C@H]1OC(=O)CCCCCCCCCCCCCCC(C)C. The lowest BCUT2D eigenvalue weighted by Crippen LogP contribution is -2.45. The molecule has 0 aromatic rings. The zero-order valence-corrected chi connectivity index (χ0v) is 46.0. The monoisotopic (exact) mass is 963 g/mol. The Morgan fingerprint density at radius 1 is 0.397 bits per heavy atom. The van der Waals surface area contributed by atoms with Crippen molar-refractivity contribution in [2.45, 2.75) is 336 Å². The van der Waals surface area contributed by atoms with E-state index in [2.05, 4.69) is 41.5 Å². The molecule has 0 unspecified atom stereocenters. The lowest BCUT2D eigenvalue weighted by atomic mass is 10.0. The molecule has 8 heteroatoms. The number of hydrogen-bond donors (Lipinski definition) is 1. The van der Waals surface area contributed by atoms with Crippen molar-refractivity contribution >= 4 is 17.9 Å². The molecule has 1 saturated heterocycles. The number of ether oxygens (including phenoxy) is 4. The standard InChI is InChI=1S/C60H114O8/c1-51(2)43-37-31-25-19-13-7-10-16-22-28-34-40-46-56(62)65-49-54(61)59-60(68-58(64)48-42-36-30-24-18-12-9-15-21-27-33-39-45-53(5)6)55(50-66-59)67-57(63)47-41-35-29-23-17-11-8-14-20-26-32-38-44-52(3)4/h51-55,59-61H,7-50H2,1-6H3/t54-,55+,59-,60-/m1/s1. The van der Waals surface area contributed by atoms with Gasteiger partial charge < -0.3 is 24.1 Å². The summed E-state index contributed by atoms with van der Waals surface area (Å²) < 4.78 is 23.2. The molecule has 0 bridgehead atoms. The van der Waals surface area contributed by atoms with Crippen LogP contribution in [0.5, 0.6) is 0 Å². The normalized spacial score (nSPS) is 16.6. The van der Waals surface area contributed by atoms with E-state index in [4.69, 9.17) is 18.9 Å². The van der Waals surface area contributed by atoms with Gasteiger partial charge in [-0.3, -0.25) is 14.4 Å². The van der Waals surface area contributed by atoms with Crippen LogP contribution in [0.2, 0.25) is 0 Å². The summed E-state index contributed by atoms with van der Waals surface area (Å²) in [4.78, 5) is 38.8. The van der Waals surface area contributed by atoms with E-state index in [0.29, 0.717) is 12.8 Å².